The summed E-state index contributed by atoms with van der Waals surface area (Å²) in [6.07, 6.45) is 9.97. The molecular weight excluding hydrogens is 974 g/mol. The van der Waals surface area contributed by atoms with Crippen LogP contribution in [0.3, 0.4) is 0 Å². The fraction of sp³-hybridized carbons (Fsp3) is 0.478. The number of hydrogen-bond donors (Lipinski definition) is 4. The second-order valence-electron chi connectivity index (χ2n) is 16.0. The van der Waals surface area contributed by atoms with E-state index < -0.39 is 11.9 Å². The van der Waals surface area contributed by atoms with Gasteiger partial charge in [-0.3, -0.25) is 63.6 Å². The molecule has 5 rings (SSSR count). The molecule has 0 aromatic carbocycles. The number of carboxylic acids is 2. The first-order chi connectivity index (χ1) is 31.2. The summed E-state index contributed by atoms with van der Waals surface area (Å²) in [5, 5.41) is 25.7. The average molecular weight is 1040 g/mol. The smallest absolute Gasteiger partial charge is 0.317 e. The van der Waals surface area contributed by atoms with Crippen molar-refractivity contribution in [2.75, 3.05) is 111 Å². The Morgan fingerprint density at radius 1 is 0.538 bits per heavy atom. The van der Waals surface area contributed by atoms with Crippen molar-refractivity contribution in [1.82, 2.24) is 60.0 Å². The zero-order chi connectivity index (χ0) is 45.2. The Hall–Kier alpha value is -4.44. The van der Waals surface area contributed by atoms with Crippen LogP contribution >= 0.6 is 0 Å². The normalized spacial score (nSPS) is 14.8. The van der Waals surface area contributed by atoms with Crippen LogP contribution in [-0.4, -0.2) is 195 Å². The van der Waals surface area contributed by atoms with Gasteiger partial charge in [0.05, 0.1) is 36.7 Å². The van der Waals surface area contributed by atoms with E-state index in [1.54, 1.807) is 24.8 Å². The second-order valence-corrected chi connectivity index (χ2v) is 16.0. The van der Waals surface area contributed by atoms with Crippen molar-refractivity contribution in [3.05, 3.63) is 120 Å². The number of amides is 2. The van der Waals surface area contributed by atoms with E-state index in [9.17, 15) is 29.4 Å². The summed E-state index contributed by atoms with van der Waals surface area (Å²) in [7, 11) is 0. The first kappa shape index (κ1) is 53.2. The minimum Gasteiger partial charge on any atom is -0.480 e. The van der Waals surface area contributed by atoms with Crippen molar-refractivity contribution in [3.63, 3.8) is 0 Å². The third-order valence-corrected chi connectivity index (χ3v) is 10.9. The molecule has 0 bridgehead atoms. The predicted molar refractivity (Wildman–Crippen MR) is 242 cm³/mol. The van der Waals surface area contributed by atoms with Crippen LogP contribution in [0.1, 0.15) is 29.1 Å². The van der Waals surface area contributed by atoms with Gasteiger partial charge < -0.3 is 25.7 Å². The molecule has 0 radical (unpaired) electrons. The van der Waals surface area contributed by atoms with Gasteiger partial charge >= 0.3 is 11.9 Å². The number of carboxylic acid groups (broad SMARTS) is 2. The molecule has 2 amide bonds. The van der Waals surface area contributed by atoms with Crippen molar-refractivity contribution in [3.8, 4) is 0 Å². The molecule has 18 nitrogen and oxygen atoms in total. The Kier molecular flexibility index (Phi) is 25.1. The monoisotopic (exact) mass is 1040 g/mol. The minimum absolute atomic E-state index is 0. The van der Waals surface area contributed by atoms with Crippen LogP contribution in [-0.2, 0) is 45.2 Å². The number of rotatable bonds is 24. The van der Waals surface area contributed by atoms with Gasteiger partial charge in [-0.15, -0.1) is 0 Å². The van der Waals surface area contributed by atoms with Gasteiger partial charge in [0.2, 0.25) is 11.8 Å². The summed E-state index contributed by atoms with van der Waals surface area (Å²) >= 11 is 0. The molecule has 1 aliphatic heterocycles. The predicted octanol–water partition coefficient (Wildman–Crippen LogP) is 1.03. The van der Waals surface area contributed by atoms with Gasteiger partial charge in [0.1, 0.15) is 0 Å². The van der Waals surface area contributed by atoms with Gasteiger partial charge in [-0.1, -0.05) is 24.3 Å². The summed E-state index contributed by atoms with van der Waals surface area (Å²) in [5.74, 6) is -2.17. The third kappa shape index (κ3) is 22.5. The van der Waals surface area contributed by atoms with E-state index in [4.69, 9.17) is 0 Å². The maximum absolute atomic E-state index is 13.4. The summed E-state index contributed by atoms with van der Waals surface area (Å²) < 4.78 is 0. The van der Waals surface area contributed by atoms with Crippen LogP contribution in [0.4, 0.5) is 0 Å². The van der Waals surface area contributed by atoms with Crippen LogP contribution in [0, 0.1) is 39.9 Å². The summed E-state index contributed by atoms with van der Waals surface area (Å²) in [4.78, 5) is 80.3. The molecule has 1 fully saturated rings. The van der Waals surface area contributed by atoms with Crippen molar-refractivity contribution < 1.29 is 69.3 Å². The van der Waals surface area contributed by atoms with Gasteiger partial charge in [0.25, 0.3) is 0 Å². The first-order valence-electron chi connectivity index (χ1n) is 22.1. The standard InChI is InChI=1S/C46H64N12O6.Gd/c59-43(51-18-22-54(33-40-9-1-4-15-48-40)20-12-39-8-7-14-47-32-39)13-21-53-24-26-56(37-45(61)62)30-28-55(29-31-57(27-25-53)38-46(63)64)36-44(60)52-19-23-58(34-41-10-2-5-16-49-41)35-42-11-3-6-17-50-42;/h1-11,14-17,32H,12-13,18-31,33-38H2,(H,51,59)(H,52,60)(H,61,62)(H,63,64);. The molecule has 4 N–H and O–H groups in total. The van der Waals surface area contributed by atoms with E-state index in [0.717, 1.165) is 35.6 Å². The van der Waals surface area contributed by atoms with E-state index in [2.05, 4.69) is 51.3 Å². The van der Waals surface area contributed by atoms with Gasteiger partial charge in [-0.2, -0.15) is 0 Å². The Bertz CT molecular complexity index is 1890. The topological polar surface area (TPSA) is 204 Å². The average Bonchev–Trinajstić information content (AvgIpc) is 3.29. The molecule has 5 heterocycles. The molecule has 4 aromatic heterocycles. The molecule has 352 valence electrons. The molecule has 0 atom stereocenters. The SMILES string of the molecule is O=C(O)CN1CCN(CCC(=O)NCCN(CCc2cccnc2)Cc2ccccn2)CCN(CC(=O)O)CCN(CC(=O)NCCN(Cc2ccccn2)Cc2ccccn2)CC1.[Gd]. The molecule has 0 aliphatic carbocycles. The van der Waals surface area contributed by atoms with Gasteiger partial charge in [-0.05, 0) is 54.4 Å². The number of carbonyl (C=O) groups excluding carboxylic acids is 2. The van der Waals surface area contributed by atoms with Gasteiger partial charge in [0, 0.05) is 189 Å². The zero-order valence-electron chi connectivity index (χ0n) is 37.1. The van der Waals surface area contributed by atoms with Crippen LogP contribution in [0.25, 0.3) is 0 Å². The molecular formula is C46H64GdN12O6. The number of pyridine rings is 4. The summed E-state index contributed by atoms with van der Waals surface area (Å²) in [5.41, 5.74) is 3.91. The minimum atomic E-state index is -0.951. The first-order valence-corrected chi connectivity index (χ1v) is 22.1. The van der Waals surface area contributed by atoms with Crippen LogP contribution < -0.4 is 10.6 Å². The molecule has 0 spiro atoms. The fourth-order valence-corrected chi connectivity index (χ4v) is 7.45. The Labute approximate surface area is 414 Å². The van der Waals surface area contributed by atoms with Crippen LogP contribution in [0.5, 0.6) is 0 Å². The van der Waals surface area contributed by atoms with Crippen molar-refractivity contribution in [1.29, 1.82) is 0 Å². The Morgan fingerprint density at radius 2 is 1.00 bits per heavy atom. The molecule has 65 heavy (non-hydrogen) atoms. The number of nitrogens with one attached hydrogen (secondary N) is 2. The molecule has 1 aliphatic rings. The van der Waals surface area contributed by atoms with E-state index >= 15 is 0 Å². The molecule has 19 heteroatoms. The van der Waals surface area contributed by atoms with E-state index in [-0.39, 0.29) is 77.8 Å². The second kappa shape index (κ2) is 30.7. The Balaban J connectivity index is 0.00000925. The molecule has 4 aromatic rings. The number of carbonyl (C=O) groups is 4. The maximum atomic E-state index is 13.4. The van der Waals surface area contributed by atoms with Crippen LogP contribution in [0.2, 0.25) is 0 Å². The largest absolute Gasteiger partial charge is 0.480 e. The number of nitrogens with zero attached hydrogens (tertiary/aromatic N) is 10. The van der Waals surface area contributed by atoms with Gasteiger partial charge in [0.15, 0.2) is 0 Å². The van der Waals surface area contributed by atoms with Crippen LogP contribution in [0.15, 0.2) is 97.7 Å². The summed E-state index contributed by atoms with van der Waals surface area (Å²) in [6.45, 7) is 8.26. The van der Waals surface area contributed by atoms with Crippen molar-refractivity contribution >= 4 is 23.8 Å². The molecule has 0 unspecified atom stereocenters. The van der Waals surface area contributed by atoms with Crippen molar-refractivity contribution in [2.45, 2.75) is 32.5 Å². The van der Waals surface area contributed by atoms with Crippen molar-refractivity contribution in [2.24, 2.45) is 0 Å². The molecule has 1 saturated heterocycles. The maximum Gasteiger partial charge on any atom is 0.317 e. The summed E-state index contributed by atoms with van der Waals surface area (Å²) in [6, 6.07) is 21.4. The van der Waals surface area contributed by atoms with Gasteiger partial charge in [-0.25, -0.2) is 0 Å². The number of hydrogen-bond acceptors (Lipinski definition) is 14. The third-order valence-electron chi connectivity index (χ3n) is 10.9. The fourth-order valence-electron chi connectivity index (χ4n) is 7.45. The Morgan fingerprint density at radius 3 is 1.46 bits per heavy atom. The van der Waals surface area contributed by atoms with E-state index in [0.29, 0.717) is 105 Å². The number of aromatic nitrogens is 4. The molecule has 0 saturated carbocycles. The quantitative estimate of drug-likeness (QED) is 0.0775. The van der Waals surface area contributed by atoms with E-state index in [1.807, 2.05) is 81.6 Å². The zero-order valence-corrected chi connectivity index (χ0v) is 39.4. The van der Waals surface area contributed by atoms with E-state index in [1.165, 1.54) is 0 Å². The number of aliphatic carboxylic acids is 2.